The Morgan fingerprint density at radius 2 is 1.50 bits per heavy atom. The van der Waals surface area contributed by atoms with Gasteiger partial charge in [-0.05, 0) is 65.4 Å². The van der Waals surface area contributed by atoms with Crippen LogP contribution in [0.4, 0.5) is 5.69 Å². The van der Waals surface area contributed by atoms with Gasteiger partial charge in [-0.1, -0.05) is 66.7 Å². The van der Waals surface area contributed by atoms with Crippen molar-refractivity contribution < 1.29 is 22.9 Å². The molecule has 1 N–H and O–H groups in total. The number of esters is 1. The second kappa shape index (κ2) is 11.0. The Bertz CT molecular complexity index is 1610. The fourth-order valence-corrected chi connectivity index (χ4v) is 5.82. The Hall–Kier alpha value is -4.34. The van der Waals surface area contributed by atoms with E-state index in [2.05, 4.69) is 4.72 Å². The van der Waals surface area contributed by atoms with E-state index >= 15 is 0 Å². The van der Waals surface area contributed by atoms with Gasteiger partial charge in [-0.2, -0.15) is 4.72 Å². The molecule has 0 radical (unpaired) electrons. The summed E-state index contributed by atoms with van der Waals surface area (Å²) in [6.07, 6.45) is 0. The topological polar surface area (TPSA) is 116 Å². The number of sulfonamides is 1. The zero-order valence-electron chi connectivity index (χ0n) is 21.0. The number of carbonyl (C=O) groups is 1. The molecule has 4 rings (SSSR count). The van der Waals surface area contributed by atoms with Crippen LogP contribution >= 0.6 is 0 Å². The average molecular weight is 531 g/mol. The van der Waals surface area contributed by atoms with E-state index in [1.165, 1.54) is 31.4 Å². The van der Waals surface area contributed by atoms with Crippen LogP contribution in [0.15, 0.2) is 95.9 Å². The quantitative estimate of drug-likeness (QED) is 0.177. The summed E-state index contributed by atoms with van der Waals surface area (Å²) in [4.78, 5) is 22.4. The van der Waals surface area contributed by atoms with Crippen LogP contribution in [0.5, 0.6) is 0 Å². The number of hydrogen-bond donors (Lipinski definition) is 1. The molecule has 0 amide bonds. The van der Waals surface area contributed by atoms with Crippen molar-refractivity contribution in [2.45, 2.75) is 24.8 Å². The SMILES string of the molecule is COC(=O)c1ccc(-c2cccc(C)c2C(NS(=O)(=O)c2ccccc2[N+](=O)[O-])c2ccccc2C)cc1. The summed E-state index contributed by atoms with van der Waals surface area (Å²) in [5.41, 5.74) is 4.45. The maximum atomic E-state index is 13.7. The largest absolute Gasteiger partial charge is 0.465 e. The van der Waals surface area contributed by atoms with Crippen molar-refractivity contribution in [1.82, 2.24) is 4.72 Å². The minimum atomic E-state index is -4.34. The Morgan fingerprint density at radius 3 is 2.16 bits per heavy atom. The first-order valence-corrected chi connectivity index (χ1v) is 13.2. The minimum Gasteiger partial charge on any atom is -0.465 e. The predicted molar refractivity (Wildman–Crippen MR) is 144 cm³/mol. The van der Waals surface area contributed by atoms with Crippen molar-refractivity contribution >= 4 is 21.7 Å². The third-order valence-electron chi connectivity index (χ3n) is 6.35. The van der Waals surface area contributed by atoms with Gasteiger partial charge in [0.05, 0.1) is 23.6 Å². The Balaban J connectivity index is 1.91. The maximum Gasteiger partial charge on any atom is 0.337 e. The van der Waals surface area contributed by atoms with Gasteiger partial charge in [0.15, 0.2) is 4.90 Å². The van der Waals surface area contributed by atoms with Gasteiger partial charge < -0.3 is 4.74 Å². The summed E-state index contributed by atoms with van der Waals surface area (Å²) >= 11 is 0. The lowest BCUT2D eigenvalue weighted by atomic mass is 9.87. The first kappa shape index (κ1) is 26.7. The van der Waals surface area contributed by atoms with Crippen LogP contribution in [0.3, 0.4) is 0 Å². The summed E-state index contributed by atoms with van der Waals surface area (Å²) in [6.45, 7) is 3.76. The normalized spacial score (nSPS) is 12.1. The summed E-state index contributed by atoms with van der Waals surface area (Å²) in [5.74, 6) is -0.462. The van der Waals surface area contributed by atoms with E-state index < -0.39 is 37.5 Å². The number of aryl methyl sites for hydroxylation is 2. The molecule has 4 aromatic carbocycles. The molecule has 0 heterocycles. The number of nitrogens with zero attached hydrogens (tertiary/aromatic N) is 1. The molecule has 0 aliphatic heterocycles. The Kier molecular flexibility index (Phi) is 7.70. The van der Waals surface area contributed by atoms with Gasteiger partial charge in [0, 0.05) is 6.07 Å². The number of carbonyl (C=O) groups excluding carboxylic acids is 1. The van der Waals surface area contributed by atoms with Gasteiger partial charge in [0.1, 0.15) is 0 Å². The van der Waals surface area contributed by atoms with Gasteiger partial charge in [-0.25, -0.2) is 13.2 Å². The van der Waals surface area contributed by atoms with Crippen molar-refractivity contribution in [2.75, 3.05) is 7.11 Å². The molecule has 1 atom stereocenters. The van der Waals surface area contributed by atoms with Crippen molar-refractivity contribution in [3.05, 3.63) is 129 Å². The molecule has 1 unspecified atom stereocenters. The van der Waals surface area contributed by atoms with Crippen LogP contribution in [-0.2, 0) is 14.8 Å². The first-order valence-electron chi connectivity index (χ1n) is 11.7. The molecule has 38 heavy (non-hydrogen) atoms. The fraction of sp³-hybridized carbons (Fsp3) is 0.138. The summed E-state index contributed by atoms with van der Waals surface area (Å²) in [7, 11) is -3.03. The third kappa shape index (κ3) is 5.34. The van der Waals surface area contributed by atoms with Crippen LogP contribution in [0.1, 0.15) is 38.7 Å². The smallest absolute Gasteiger partial charge is 0.337 e. The van der Waals surface area contributed by atoms with Gasteiger partial charge >= 0.3 is 5.97 Å². The van der Waals surface area contributed by atoms with E-state index in [9.17, 15) is 23.3 Å². The summed E-state index contributed by atoms with van der Waals surface area (Å²) < 4.78 is 34.9. The zero-order chi connectivity index (χ0) is 27.4. The van der Waals surface area contributed by atoms with E-state index in [-0.39, 0.29) is 0 Å². The molecular weight excluding hydrogens is 504 g/mol. The molecule has 0 saturated carbocycles. The van der Waals surface area contributed by atoms with Gasteiger partial charge in [-0.15, -0.1) is 0 Å². The van der Waals surface area contributed by atoms with Gasteiger partial charge in [0.2, 0.25) is 10.0 Å². The third-order valence-corrected chi connectivity index (χ3v) is 7.82. The van der Waals surface area contributed by atoms with Gasteiger partial charge in [0.25, 0.3) is 5.69 Å². The molecule has 0 spiro atoms. The van der Waals surface area contributed by atoms with E-state index in [0.717, 1.165) is 22.3 Å². The number of ether oxygens (including phenoxy) is 1. The highest BCUT2D eigenvalue weighted by atomic mass is 32.2. The highest BCUT2D eigenvalue weighted by Gasteiger charge is 2.31. The molecule has 0 fully saturated rings. The lowest BCUT2D eigenvalue weighted by molar-refractivity contribution is -0.387. The van der Waals surface area contributed by atoms with E-state index in [4.69, 9.17) is 4.74 Å². The minimum absolute atomic E-state index is 0.387. The number of nitro groups is 1. The molecule has 8 nitrogen and oxygen atoms in total. The molecule has 194 valence electrons. The molecule has 9 heteroatoms. The van der Waals surface area contributed by atoms with Crippen LogP contribution in [0, 0.1) is 24.0 Å². The summed E-state index contributed by atoms with van der Waals surface area (Å²) in [6, 6.07) is 24.3. The van der Waals surface area contributed by atoms with Crippen LogP contribution in [-0.4, -0.2) is 26.4 Å². The number of methoxy groups -OCH3 is 1. The number of hydrogen-bond acceptors (Lipinski definition) is 6. The number of para-hydroxylation sites is 1. The van der Waals surface area contributed by atoms with Crippen LogP contribution in [0.2, 0.25) is 0 Å². The highest BCUT2D eigenvalue weighted by molar-refractivity contribution is 7.89. The maximum absolute atomic E-state index is 13.7. The second-order valence-corrected chi connectivity index (χ2v) is 10.4. The molecular formula is C29H26N2O6S. The average Bonchev–Trinajstić information content (AvgIpc) is 2.92. The van der Waals surface area contributed by atoms with Crippen molar-refractivity contribution in [3.8, 4) is 11.1 Å². The van der Waals surface area contributed by atoms with Crippen molar-refractivity contribution in [1.29, 1.82) is 0 Å². The standard InChI is InChI=1S/C29H26N2O6S/c1-19-9-4-5-11-23(19)28(30-38(35,36)26-14-7-6-13-25(26)31(33)34)27-20(2)10-8-12-24(27)21-15-17-22(18-16-21)29(32)37-3/h4-18,28,30H,1-3H3. The van der Waals surface area contributed by atoms with Crippen LogP contribution in [0.25, 0.3) is 11.1 Å². The fourth-order valence-electron chi connectivity index (χ4n) is 4.46. The van der Waals surface area contributed by atoms with E-state index in [1.807, 2.05) is 56.3 Å². The Morgan fingerprint density at radius 1 is 0.868 bits per heavy atom. The molecule has 0 aliphatic carbocycles. The predicted octanol–water partition coefficient (Wildman–Crippen LogP) is 5.73. The van der Waals surface area contributed by atoms with Crippen molar-refractivity contribution in [3.63, 3.8) is 0 Å². The molecule has 4 aromatic rings. The molecule has 0 saturated heterocycles. The molecule has 0 aromatic heterocycles. The molecule has 0 aliphatic rings. The molecule has 0 bridgehead atoms. The van der Waals surface area contributed by atoms with E-state index in [0.29, 0.717) is 16.7 Å². The number of nitro benzene ring substituents is 1. The lowest BCUT2D eigenvalue weighted by Gasteiger charge is -2.26. The first-order chi connectivity index (χ1) is 18.1. The van der Waals surface area contributed by atoms with Gasteiger partial charge in [-0.3, -0.25) is 10.1 Å². The monoisotopic (exact) mass is 530 g/mol. The van der Waals surface area contributed by atoms with E-state index in [1.54, 1.807) is 24.3 Å². The number of benzene rings is 4. The summed E-state index contributed by atoms with van der Waals surface area (Å²) in [5, 5.41) is 11.6. The lowest BCUT2D eigenvalue weighted by Crippen LogP contribution is -2.31. The Labute approximate surface area is 221 Å². The van der Waals surface area contributed by atoms with Crippen molar-refractivity contribution in [2.24, 2.45) is 0 Å². The number of nitrogens with one attached hydrogen (secondary N) is 1. The van der Waals surface area contributed by atoms with Crippen LogP contribution < -0.4 is 4.72 Å². The zero-order valence-corrected chi connectivity index (χ0v) is 21.9. The number of rotatable bonds is 8. The highest BCUT2D eigenvalue weighted by Crippen LogP contribution is 2.37. The second-order valence-electron chi connectivity index (χ2n) is 8.74.